The minimum atomic E-state index is -3.91. The van der Waals surface area contributed by atoms with Crippen molar-refractivity contribution in [2.45, 2.75) is 68.8 Å². The van der Waals surface area contributed by atoms with Crippen LogP contribution in [0.4, 0.5) is 0 Å². The van der Waals surface area contributed by atoms with E-state index in [2.05, 4.69) is 130 Å². The van der Waals surface area contributed by atoms with Crippen LogP contribution in [-0.2, 0) is 24.3 Å². The number of rotatable bonds is 10. The summed E-state index contributed by atoms with van der Waals surface area (Å²) >= 11 is 0. The quantitative estimate of drug-likeness (QED) is 0.0742. The Labute approximate surface area is 277 Å². The van der Waals surface area contributed by atoms with Crippen LogP contribution in [0.15, 0.2) is 132 Å². The second kappa shape index (κ2) is 13.8. The maximum atomic E-state index is 13.1. The molecule has 1 atom stereocenters. The summed E-state index contributed by atoms with van der Waals surface area (Å²) in [5, 5.41) is 0.0302. The predicted molar refractivity (Wildman–Crippen MR) is 190 cm³/mol. The predicted octanol–water partition coefficient (Wildman–Crippen LogP) is 8.71. The molecule has 242 valence electrons. The molecule has 0 amide bonds. The molecule has 5 nitrogen and oxygen atoms in total. The smallest absolute Gasteiger partial charge is 0.297 e. The number of hydrogen-bond donors (Lipinski definition) is 0. The van der Waals surface area contributed by atoms with Crippen LogP contribution in [-0.4, -0.2) is 47.4 Å². The molecule has 1 aliphatic rings. The summed E-state index contributed by atoms with van der Waals surface area (Å²) in [4.78, 5) is 2.69. The SMILES string of the molecule is Cc1ccc(S(=O)(=O)OC/C=C2/CN(C(c3ccccc3)(c3ccccc3)c3ccccc3)CCC2O[Si](C)(C)C(C)(C)C)cc1. The Kier molecular flexibility index (Phi) is 10.2. The number of benzene rings is 4. The highest BCUT2D eigenvalue weighted by atomic mass is 32.2. The fraction of sp³-hybridized carbons (Fsp3) is 0.333. The summed E-state index contributed by atoms with van der Waals surface area (Å²) in [6.07, 6.45) is 2.58. The largest absolute Gasteiger partial charge is 0.410 e. The van der Waals surface area contributed by atoms with Gasteiger partial charge in [-0.15, -0.1) is 0 Å². The van der Waals surface area contributed by atoms with E-state index in [4.69, 9.17) is 8.61 Å². The van der Waals surface area contributed by atoms with Crippen molar-refractivity contribution in [2.75, 3.05) is 19.7 Å². The van der Waals surface area contributed by atoms with E-state index in [9.17, 15) is 8.42 Å². The van der Waals surface area contributed by atoms with Gasteiger partial charge in [-0.2, -0.15) is 8.42 Å². The molecular formula is C39H47NO4SSi. The van der Waals surface area contributed by atoms with E-state index in [-0.39, 0.29) is 22.6 Å². The summed E-state index contributed by atoms with van der Waals surface area (Å²) in [5.41, 5.74) is 4.98. The molecule has 0 aliphatic carbocycles. The minimum Gasteiger partial charge on any atom is -0.410 e. The summed E-state index contributed by atoms with van der Waals surface area (Å²) in [6.45, 7) is 14.5. The molecule has 1 saturated heterocycles. The topological polar surface area (TPSA) is 55.8 Å². The van der Waals surface area contributed by atoms with Gasteiger partial charge in [0.1, 0.15) is 0 Å². The Balaban J connectivity index is 1.58. The maximum absolute atomic E-state index is 13.1. The van der Waals surface area contributed by atoms with Gasteiger partial charge in [-0.25, -0.2) is 0 Å². The lowest BCUT2D eigenvalue weighted by Gasteiger charge is -2.50. The molecule has 1 fully saturated rings. The number of aryl methyl sites for hydroxylation is 1. The van der Waals surface area contributed by atoms with Crippen molar-refractivity contribution in [3.05, 3.63) is 149 Å². The zero-order valence-corrected chi connectivity index (χ0v) is 29.8. The number of hydrogen-bond acceptors (Lipinski definition) is 5. The molecule has 1 heterocycles. The second-order valence-corrected chi connectivity index (χ2v) is 20.1. The molecule has 7 heteroatoms. The molecule has 0 radical (unpaired) electrons. The number of likely N-dealkylation sites (tertiary alicyclic amines) is 1. The average Bonchev–Trinajstić information content (AvgIpc) is 3.03. The van der Waals surface area contributed by atoms with Crippen molar-refractivity contribution in [3.63, 3.8) is 0 Å². The van der Waals surface area contributed by atoms with Crippen molar-refractivity contribution >= 4 is 18.4 Å². The molecular weight excluding hydrogens is 607 g/mol. The van der Waals surface area contributed by atoms with E-state index in [0.717, 1.165) is 24.1 Å². The summed E-state index contributed by atoms with van der Waals surface area (Å²) in [6, 6.07) is 38.8. The zero-order valence-electron chi connectivity index (χ0n) is 27.9. The third-order valence-corrected chi connectivity index (χ3v) is 15.4. The molecule has 1 unspecified atom stereocenters. The molecule has 1 aliphatic heterocycles. The zero-order chi connectivity index (χ0) is 33.0. The van der Waals surface area contributed by atoms with E-state index in [1.165, 1.54) is 16.7 Å². The summed E-state index contributed by atoms with van der Waals surface area (Å²) in [5.74, 6) is 0. The molecule has 4 aromatic rings. The monoisotopic (exact) mass is 653 g/mol. The first-order chi connectivity index (χ1) is 21.8. The van der Waals surface area contributed by atoms with Gasteiger partial charge in [0.25, 0.3) is 10.1 Å². The molecule has 5 rings (SSSR count). The van der Waals surface area contributed by atoms with E-state index >= 15 is 0 Å². The van der Waals surface area contributed by atoms with Crippen molar-refractivity contribution in [1.82, 2.24) is 4.90 Å². The fourth-order valence-corrected chi connectivity index (χ4v) is 8.29. The first-order valence-electron chi connectivity index (χ1n) is 16.1. The van der Waals surface area contributed by atoms with Crippen molar-refractivity contribution < 1.29 is 17.0 Å². The van der Waals surface area contributed by atoms with Gasteiger partial charge in [-0.05, 0) is 65.9 Å². The number of piperidine rings is 1. The van der Waals surface area contributed by atoms with Crippen LogP contribution in [0.1, 0.15) is 49.4 Å². The maximum Gasteiger partial charge on any atom is 0.297 e. The Morgan fingerprint density at radius 3 is 1.72 bits per heavy atom. The Morgan fingerprint density at radius 2 is 1.26 bits per heavy atom. The van der Waals surface area contributed by atoms with Crippen LogP contribution in [0.5, 0.6) is 0 Å². The van der Waals surface area contributed by atoms with Gasteiger partial charge in [0.05, 0.1) is 23.1 Å². The highest BCUT2D eigenvalue weighted by Crippen LogP contribution is 2.45. The second-order valence-electron chi connectivity index (χ2n) is 13.7. The van der Waals surface area contributed by atoms with Crippen LogP contribution in [0.3, 0.4) is 0 Å². The molecule has 0 bridgehead atoms. The third-order valence-electron chi connectivity index (χ3n) is 9.62. The van der Waals surface area contributed by atoms with Crippen LogP contribution in [0.25, 0.3) is 0 Å². The lowest BCUT2D eigenvalue weighted by Crippen LogP contribution is -2.55. The molecule has 0 aromatic heterocycles. The minimum absolute atomic E-state index is 0.0302. The fourth-order valence-electron chi connectivity index (χ4n) is 6.10. The number of nitrogens with zero attached hydrogens (tertiary/aromatic N) is 1. The molecule has 46 heavy (non-hydrogen) atoms. The van der Waals surface area contributed by atoms with Crippen molar-refractivity contribution in [2.24, 2.45) is 0 Å². The highest BCUT2D eigenvalue weighted by Gasteiger charge is 2.46. The first kappa shape index (κ1) is 34.0. The van der Waals surface area contributed by atoms with Crippen LogP contribution >= 0.6 is 0 Å². The Bertz CT molecular complexity index is 1620. The van der Waals surface area contributed by atoms with Gasteiger partial charge in [-0.1, -0.05) is 136 Å². The summed E-state index contributed by atoms with van der Waals surface area (Å²) < 4.78 is 38.9. The van der Waals surface area contributed by atoms with Crippen LogP contribution in [0, 0.1) is 6.92 Å². The third kappa shape index (κ3) is 7.14. The lowest BCUT2D eigenvalue weighted by atomic mass is 9.74. The molecule has 0 saturated carbocycles. The Morgan fingerprint density at radius 1 is 0.783 bits per heavy atom. The van der Waals surface area contributed by atoms with Gasteiger partial charge >= 0.3 is 0 Å². The van der Waals surface area contributed by atoms with Crippen LogP contribution < -0.4 is 0 Å². The lowest BCUT2D eigenvalue weighted by molar-refractivity contribution is 0.0897. The molecule has 4 aromatic carbocycles. The van der Waals surface area contributed by atoms with Gasteiger partial charge in [-0.3, -0.25) is 9.08 Å². The first-order valence-corrected chi connectivity index (χ1v) is 20.4. The highest BCUT2D eigenvalue weighted by molar-refractivity contribution is 7.86. The van der Waals surface area contributed by atoms with E-state index in [0.29, 0.717) is 6.54 Å². The van der Waals surface area contributed by atoms with Gasteiger partial charge in [0.2, 0.25) is 0 Å². The van der Waals surface area contributed by atoms with E-state index < -0.39 is 24.0 Å². The normalized spacial score (nSPS) is 17.7. The average molecular weight is 654 g/mol. The van der Waals surface area contributed by atoms with Gasteiger partial charge < -0.3 is 4.43 Å². The van der Waals surface area contributed by atoms with Crippen molar-refractivity contribution in [3.8, 4) is 0 Å². The van der Waals surface area contributed by atoms with E-state index in [1.54, 1.807) is 24.3 Å². The Hall–Kier alpha value is -3.33. The van der Waals surface area contributed by atoms with Crippen LogP contribution in [0.2, 0.25) is 18.1 Å². The molecule has 0 N–H and O–H groups in total. The molecule has 0 spiro atoms. The van der Waals surface area contributed by atoms with Crippen molar-refractivity contribution in [1.29, 1.82) is 0 Å². The standard InChI is InChI=1S/C39H47NO4SSi/c1-31-22-24-36(25-23-31)45(41,42)43-29-27-32-30-40(28-26-37(32)44-46(5,6)38(2,3)4)39(33-16-10-7-11-17-33,34-18-12-8-13-19-34)35-20-14-9-15-21-35/h7-25,27,37H,26,28-30H2,1-6H3/b32-27-. The van der Waals surface area contributed by atoms with Gasteiger partial charge in [0.15, 0.2) is 8.32 Å². The summed E-state index contributed by atoms with van der Waals surface area (Å²) in [7, 11) is -6.06. The van der Waals surface area contributed by atoms with E-state index in [1.807, 2.05) is 13.0 Å². The van der Waals surface area contributed by atoms with Gasteiger partial charge in [0, 0.05) is 13.1 Å².